The molecule has 0 saturated carbocycles. The van der Waals surface area contributed by atoms with Crippen molar-refractivity contribution in [3.63, 3.8) is 0 Å². The Kier molecular flexibility index (Phi) is 5.43. The molecular weight excluding hydrogens is 420 g/mol. The lowest BCUT2D eigenvalue weighted by atomic mass is 10.0. The average molecular weight is 444 g/mol. The van der Waals surface area contributed by atoms with Gasteiger partial charge in [-0.05, 0) is 49.2 Å². The van der Waals surface area contributed by atoms with E-state index in [1.807, 2.05) is 38.1 Å². The van der Waals surface area contributed by atoms with Crippen molar-refractivity contribution in [1.82, 2.24) is 9.97 Å². The van der Waals surface area contributed by atoms with Crippen molar-refractivity contribution in [3.05, 3.63) is 76.1 Å². The molecule has 1 saturated heterocycles. The molecule has 0 bridgehead atoms. The molecule has 2 N–H and O–H groups in total. The number of fused-ring (bicyclic) bond motifs is 1. The monoisotopic (exact) mass is 444 g/mol. The van der Waals surface area contributed by atoms with Crippen LogP contribution in [-0.4, -0.2) is 42.2 Å². The highest BCUT2D eigenvalue weighted by Crippen LogP contribution is 2.28. The van der Waals surface area contributed by atoms with Crippen LogP contribution in [-0.2, 0) is 4.74 Å². The summed E-state index contributed by atoms with van der Waals surface area (Å²) < 4.78 is 10.7. The molecule has 33 heavy (non-hydrogen) atoms. The SMILES string of the molecule is Cc1cc(=O)[nH]c2c(C)cc(NC(=O)c3cc(-c4ccoc4)cnc3N3CCOCC3)cc12. The number of furan rings is 1. The standard InChI is InChI=1S/C25H24N4O4/c1-15-10-22(30)28-23-16(2)9-19(12-20(15)23)27-25(31)21-11-18(17-3-6-33-14-17)13-26-24(21)29-4-7-32-8-5-29/h3,6,9-14H,4-5,7-8H2,1-2H3,(H,27,31)(H,28,30). The quantitative estimate of drug-likeness (QED) is 0.495. The molecule has 1 aromatic carbocycles. The number of rotatable bonds is 4. The highest BCUT2D eigenvalue weighted by atomic mass is 16.5. The number of benzene rings is 1. The summed E-state index contributed by atoms with van der Waals surface area (Å²) in [7, 11) is 0. The maximum Gasteiger partial charge on any atom is 0.259 e. The van der Waals surface area contributed by atoms with E-state index in [2.05, 4.69) is 20.2 Å². The fraction of sp³-hybridized carbons (Fsp3) is 0.240. The second kappa shape index (κ2) is 8.55. The Morgan fingerprint density at radius 3 is 2.67 bits per heavy atom. The molecule has 4 aromatic rings. The molecule has 0 spiro atoms. The number of ether oxygens (including phenoxy) is 1. The molecule has 1 amide bonds. The normalized spacial score (nSPS) is 13.9. The number of carbonyl (C=O) groups is 1. The predicted octanol–water partition coefficient (Wildman–Crippen LogP) is 3.89. The molecular formula is C25H24N4O4. The summed E-state index contributed by atoms with van der Waals surface area (Å²) in [6.45, 7) is 6.31. The highest BCUT2D eigenvalue weighted by Gasteiger charge is 2.22. The first-order chi connectivity index (χ1) is 16.0. The van der Waals surface area contributed by atoms with Crippen LogP contribution in [0.2, 0.25) is 0 Å². The Labute approximate surface area is 190 Å². The third-order valence-corrected chi connectivity index (χ3v) is 5.89. The Bertz CT molecular complexity index is 1390. The number of pyridine rings is 2. The third kappa shape index (κ3) is 4.12. The molecule has 8 nitrogen and oxygen atoms in total. The summed E-state index contributed by atoms with van der Waals surface area (Å²) in [6, 6.07) is 8.98. The lowest BCUT2D eigenvalue weighted by molar-refractivity contribution is 0.102. The van der Waals surface area contributed by atoms with Crippen LogP contribution in [0.4, 0.5) is 11.5 Å². The van der Waals surface area contributed by atoms with Gasteiger partial charge in [0.2, 0.25) is 5.56 Å². The molecule has 3 aromatic heterocycles. The van der Waals surface area contributed by atoms with Crippen LogP contribution >= 0.6 is 0 Å². The number of hydrogen-bond acceptors (Lipinski definition) is 6. The first-order valence-electron chi connectivity index (χ1n) is 10.8. The summed E-state index contributed by atoms with van der Waals surface area (Å²) >= 11 is 0. The molecule has 1 aliphatic heterocycles. The second-order valence-corrected chi connectivity index (χ2v) is 8.19. The average Bonchev–Trinajstić information content (AvgIpc) is 3.35. The Balaban J connectivity index is 1.54. The summed E-state index contributed by atoms with van der Waals surface area (Å²) in [6.07, 6.45) is 4.98. The van der Waals surface area contributed by atoms with Gasteiger partial charge in [-0.25, -0.2) is 4.98 Å². The van der Waals surface area contributed by atoms with Gasteiger partial charge in [-0.3, -0.25) is 9.59 Å². The van der Waals surface area contributed by atoms with Gasteiger partial charge in [0.1, 0.15) is 5.82 Å². The first kappa shape index (κ1) is 21.0. The minimum Gasteiger partial charge on any atom is -0.472 e. The van der Waals surface area contributed by atoms with Gasteiger partial charge in [0, 0.05) is 47.6 Å². The Hall–Kier alpha value is -3.91. The lowest BCUT2D eigenvalue weighted by Gasteiger charge is -2.29. The zero-order valence-electron chi connectivity index (χ0n) is 18.5. The Morgan fingerprint density at radius 2 is 1.91 bits per heavy atom. The third-order valence-electron chi connectivity index (χ3n) is 5.89. The number of nitrogens with one attached hydrogen (secondary N) is 2. The van der Waals surface area contributed by atoms with E-state index in [0.717, 1.165) is 33.2 Å². The fourth-order valence-electron chi connectivity index (χ4n) is 4.21. The number of amides is 1. The van der Waals surface area contributed by atoms with Crippen LogP contribution in [0.3, 0.4) is 0 Å². The molecule has 4 heterocycles. The van der Waals surface area contributed by atoms with Crippen LogP contribution in [0.1, 0.15) is 21.5 Å². The van der Waals surface area contributed by atoms with Gasteiger partial charge in [-0.1, -0.05) is 0 Å². The molecule has 0 aliphatic carbocycles. The first-order valence-corrected chi connectivity index (χ1v) is 10.8. The summed E-state index contributed by atoms with van der Waals surface area (Å²) in [5, 5.41) is 3.92. The molecule has 168 valence electrons. The van der Waals surface area contributed by atoms with Crippen molar-refractivity contribution in [2.75, 3.05) is 36.5 Å². The number of anilines is 2. The molecule has 0 atom stereocenters. The van der Waals surface area contributed by atoms with Crippen LogP contribution in [0, 0.1) is 13.8 Å². The van der Waals surface area contributed by atoms with E-state index in [0.29, 0.717) is 43.4 Å². The van der Waals surface area contributed by atoms with Crippen molar-refractivity contribution in [2.45, 2.75) is 13.8 Å². The molecule has 0 unspecified atom stereocenters. The van der Waals surface area contributed by atoms with Crippen LogP contribution < -0.4 is 15.8 Å². The van der Waals surface area contributed by atoms with Gasteiger partial charge in [0.05, 0.1) is 36.8 Å². The topological polar surface area (TPSA) is 100 Å². The highest BCUT2D eigenvalue weighted by molar-refractivity contribution is 6.09. The van der Waals surface area contributed by atoms with Crippen molar-refractivity contribution in [3.8, 4) is 11.1 Å². The fourth-order valence-corrected chi connectivity index (χ4v) is 4.21. The molecule has 8 heteroatoms. The van der Waals surface area contributed by atoms with E-state index in [4.69, 9.17) is 9.15 Å². The summed E-state index contributed by atoms with van der Waals surface area (Å²) in [4.78, 5) is 35.0. The van der Waals surface area contributed by atoms with E-state index in [-0.39, 0.29) is 11.5 Å². The minimum absolute atomic E-state index is 0.142. The van der Waals surface area contributed by atoms with Crippen LogP contribution in [0.25, 0.3) is 22.0 Å². The van der Waals surface area contributed by atoms with Crippen molar-refractivity contribution >= 4 is 28.3 Å². The molecule has 1 fully saturated rings. The largest absolute Gasteiger partial charge is 0.472 e. The van der Waals surface area contributed by atoms with Gasteiger partial charge >= 0.3 is 0 Å². The molecule has 0 radical (unpaired) electrons. The van der Waals surface area contributed by atoms with Crippen molar-refractivity contribution in [2.24, 2.45) is 0 Å². The van der Waals surface area contributed by atoms with Gasteiger partial charge in [0.15, 0.2) is 0 Å². The van der Waals surface area contributed by atoms with Crippen molar-refractivity contribution < 1.29 is 13.9 Å². The molecule has 1 aliphatic rings. The number of nitrogens with zero attached hydrogens (tertiary/aromatic N) is 2. The summed E-state index contributed by atoms with van der Waals surface area (Å²) in [5.41, 5.74) is 5.15. The zero-order valence-corrected chi connectivity index (χ0v) is 18.5. The van der Waals surface area contributed by atoms with Gasteiger partial charge < -0.3 is 24.4 Å². The zero-order chi connectivity index (χ0) is 22.9. The minimum atomic E-state index is -0.254. The molecule has 5 rings (SSSR count). The Morgan fingerprint density at radius 1 is 1.09 bits per heavy atom. The van der Waals surface area contributed by atoms with Gasteiger partial charge in [-0.2, -0.15) is 0 Å². The van der Waals surface area contributed by atoms with E-state index >= 15 is 0 Å². The lowest BCUT2D eigenvalue weighted by Crippen LogP contribution is -2.38. The van der Waals surface area contributed by atoms with Gasteiger partial charge in [0.25, 0.3) is 5.91 Å². The smallest absolute Gasteiger partial charge is 0.259 e. The second-order valence-electron chi connectivity index (χ2n) is 8.19. The van der Waals surface area contributed by atoms with E-state index < -0.39 is 0 Å². The van der Waals surface area contributed by atoms with E-state index in [1.165, 1.54) is 0 Å². The number of aromatic nitrogens is 2. The number of aromatic amines is 1. The number of aryl methyl sites for hydroxylation is 2. The maximum atomic E-state index is 13.5. The van der Waals surface area contributed by atoms with Crippen LogP contribution in [0.5, 0.6) is 0 Å². The number of morpholine rings is 1. The summed E-state index contributed by atoms with van der Waals surface area (Å²) in [5.74, 6) is 0.372. The van der Waals surface area contributed by atoms with Crippen molar-refractivity contribution in [1.29, 1.82) is 0 Å². The predicted molar refractivity (Wildman–Crippen MR) is 127 cm³/mol. The van der Waals surface area contributed by atoms with E-state index in [1.54, 1.807) is 24.8 Å². The van der Waals surface area contributed by atoms with Crippen LogP contribution in [0.15, 0.2) is 58.3 Å². The van der Waals surface area contributed by atoms with Gasteiger partial charge in [-0.15, -0.1) is 0 Å². The van der Waals surface area contributed by atoms with E-state index in [9.17, 15) is 9.59 Å². The number of H-pyrrole nitrogens is 1. The maximum absolute atomic E-state index is 13.5. The number of hydrogen-bond donors (Lipinski definition) is 2. The number of carbonyl (C=O) groups excluding carboxylic acids is 1.